The van der Waals surface area contributed by atoms with E-state index in [1.165, 1.54) is 0 Å². The van der Waals surface area contributed by atoms with Gasteiger partial charge in [0, 0.05) is 11.6 Å². The number of halogens is 1. The number of hydrogen-bond donors (Lipinski definition) is 0. The first-order valence-electron chi connectivity index (χ1n) is 6.68. The van der Waals surface area contributed by atoms with E-state index in [1.807, 2.05) is 42.5 Å². The summed E-state index contributed by atoms with van der Waals surface area (Å²) in [5.74, 6) is 0.0342. The molecule has 3 rings (SSSR count). The van der Waals surface area contributed by atoms with Gasteiger partial charge in [0.1, 0.15) is 11.6 Å². The van der Waals surface area contributed by atoms with Gasteiger partial charge in [0.15, 0.2) is 12.4 Å². The minimum Gasteiger partial charge on any atom is -1.00 e. The third kappa shape index (κ3) is 3.21. The highest BCUT2D eigenvalue weighted by molar-refractivity contribution is 6.07. The first-order valence-corrected chi connectivity index (χ1v) is 6.68. The number of aromatic nitrogens is 1. The summed E-state index contributed by atoms with van der Waals surface area (Å²) >= 11 is 0. The van der Waals surface area contributed by atoms with Gasteiger partial charge in [-0.05, 0) is 16.8 Å². The third-order valence-electron chi connectivity index (χ3n) is 3.40. The molecule has 0 fully saturated rings. The molecule has 0 amide bonds. The highest BCUT2D eigenvalue weighted by Gasteiger charge is 2.15. The van der Waals surface area contributed by atoms with Crippen LogP contribution in [0.2, 0.25) is 0 Å². The normalized spacial score (nSPS) is 9.77. The Balaban J connectivity index is 0.00000176. The molecule has 1 aromatic heterocycles. The van der Waals surface area contributed by atoms with Gasteiger partial charge in [-0.3, -0.25) is 4.79 Å². The molecule has 0 saturated carbocycles. The van der Waals surface area contributed by atoms with Crippen LogP contribution < -0.4 is 21.5 Å². The fraction of sp³-hybridized carbons (Fsp3) is 0.0556. The molecule has 1 heterocycles. The van der Waals surface area contributed by atoms with Crippen LogP contribution in [0.15, 0.2) is 67.0 Å². The molecule has 0 aliphatic heterocycles. The van der Waals surface area contributed by atoms with Gasteiger partial charge in [0.25, 0.3) is 0 Å². The maximum atomic E-state index is 12.5. The van der Waals surface area contributed by atoms with Crippen molar-refractivity contribution >= 4 is 16.6 Å². The average molecular weight is 353 g/mol. The maximum Gasteiger partial charge on any atom is 0.228 e. The van der Waals surface area contributed by atoms with E-state index in [9.17, 15) is 4.79 Å². The number of Topliss-reactive ketones (excluding diaryl/α,β-unsaturated/α-hetero) is 1. The Bertz CT molecular complexity index is 863. The number of benzene rings is 2. The zero-order chi connectivity index (χ0) is 14.7. The molecule has 2 aromatic carbocycles. The first-order chi connectivity index (χ1) is 10.3. The summed E-state index contributed by atoms with van der Waals surface area (Å²) in [5.41, 5.74) is 1.26. The summed E-state index contributed by atoms with van der Waals surface area (Å²) in [5, 5.41) is 10.9. The zero-order valence-corrected chi connectivity index (χ0v) is 13.3. The fourth-order valence-corrected chi connectivity index (χ4v) is 2.41. The number of pyridine rings is 1. The number of hydrogen-bond acceptors (Lipinski definition) is 2. The number of carbonyl (C=O) groups excluding carboxylic acids is 1. The zero-order valence-electron chi connectivity index (χ0n) is 11.7. The highest BCUT2D eigenvalue weighted by Crippen LogP contribution is 2.18. The Morgan fingerprint density at radius 2 is 1.82 bits per heavy atom. The molecule has 108 valence electrons. The van der Waals surface area contributed by atoms with Gasteiger partial charge in [0.2, 0.25) is 12.3 Å². The standard InChI is InChI=1S/C18H13N2O.BrH/c19-11-14-5-4-10-20(12-14)13-18(21)17-9-3-7-15-6-1-2-8-16(15)17;/h1-10,12H,13H2;1H/q+1;/p-1. The molecule has 0 atom stereocenters. The number of nitriles is 1. The van der Waals surface area contributed by atoms with Gasteiger partial charge in [-0.2, -0.15) is 9.83 Å². The fourth-order valence-electron chi connectivity index (χ4n) is 2.41. The molecule has 22 heavy (non-hydrogen) atoms. The average Bonchev–Trinajstić information content (AvgIpc) is 2.54. The Morgan fingerprint density at radius 3 is 2.64 bits per heavy atom. The van der Waals surface area contributed by atoms with E-state index in [0.717, 1.165) is 10.8 Å². The number of nitrogens with zero attached hydrogens (tertiary/aromatic N) is 2. The molecule has 0 unspecified atom stereocenters. The molecule has 0 saturated heterocycles. The van der Waals surface area contributed by atoms with E-state index < -0.39 is 0 Å². The van der Waals surface area contributed by atoms with E-state index in [2.05, 4.69) is 6.07 Å². The van der Waals surface area contributed by atoms with Crippen LogP contribution in [-0.4, -0.2) is 5.78 Å². The number of carbonyl (C=O) groups is 1. The lowest BCUT2D eigenvalue weighted by Gasteiger charge is -2.04. The van der Waals surface area contributed by atoms with Gasteiger partial charge in [-0.1, -0.05) is 42.5 Å². The van der Waals surface area contributed by atoms with Gasteiger partial charge >= 0.3 is 0 Å². The second kappa shape index (κ2) is 6.97. The smallest absolute Gasteiger partial charge is 0.228 e. The van der Waals surface area contributed by atoms with E-state index in [1.54, 1.807) is 29.1 Å². The molecular formula is C18H13BrN2O. The van der Waals surface area contributed by atoms with Crippen LogP contribution in [0.3, 0.4) is 0 Å². The SMILES string of the molecule is N#Cc1ccc[n+](CC(=O)c2cccc3ccccc23)c1.[Br-]. The lowest BCUT2D eigenvalue weighted by molar-refractivity contribution is -0.683. The summed E-state index contributed by atoms with van der Waals surface area (Å²) < 4.78 is 1.74. The Kier molecular flexibility index (Phi) is 5.03. The molecule has 3 aromatic rings. The molecule has 4 heteroatoms. The summed E-state index contributed by atoms with van der Waals surface area (Å²) in [6, 6.07) is 19.2. The van der Waals surface area contributed by atoms with E-state index in [4.69, 9.17) is 5.26 Å². The quantitative estimate of drug-likeness (QED) is 0.487. The minimum atomic E-state index is 0. The van der Waals surface area contributed by atoms with E-state index in [-0.39, 0.29) is 29.3 Å². The summed E-state index contributed by atoms with van der Waals surface area (Å²) in [6.45, 7) is 0.226. The lowest BCUT2D eigenvalue weighted by atomic mass is 10.0. The third-order valence-corrected chi connectivity index (χ3v) is 3.40. The maximum absolute atomic E-state index is 12.5. The molecule has 0 bridgehead atoms. The first kappa shape index (κ1) is 15.9. The second-order valence-corrected chi connectivity index (χ2v) is 4.83. The van der Waals surface area contributed by atoms with Gasteiger partial charge in [-0.25, -0.2) is 0 Å². The van der Waals surface area contributed by atoms with Crippen LogP contribution in [0, 0.1) is 11.3 Å². The van der Waals surface area contributed by atoms with Crippen LogP contribution in [-0.2, 0) is 6.54 Å². The Morgan fingerprint density at radius 1 is 1.05 bits per heavy atom. The number of rotatable bonds is 3. The lowest BCUT2D eigenvalue weighted by Crippen LogP contribution is -3.00. The molecule has 3 nitrogen and oxygen atoms in total. The summed E-state index contributed by atoms with van der Waals surface area (Å²) in [4.78, 5) is 12.5. The Hall–Kier alpha value is -2.51. The van der Waals surface area contributed by atoms with Crippen molar-refractivity contribution in [3.63, 3.8) is 0 Å². The van der Waals surface area contributed by atoms with E-state index in [0.29, 0.717) is 11.1 Å². The van der Waals surface area contributed by atoms with Crippen molar-refractivity contribution in [1.29, 1.82) is 5.26 Å². The van der Waals surface area contributed by atoms with Crippen LogP contribution >= 0.6 is 0 Å². The summed E-state index contributed by atoms with van der Waals surface area (Å²) in [6.07, 6.45) is 3.48. The molecule has 0 spiro atoms. The molecule has 0 aliphatic carbocycles. The molecule has 0 aliphatic rings. The van der Waals surface area contributed by atoms with Crippen molar-refractivity contribution in [2.45, 2.75) is 6.54 Å². The number of fused-ring (bicyclic) bond motifs is 1. The van der Waals surface area contributed by atoms with Gasteiger partial charge in [-0.15, -0.1) is 0 Å². The van der Waals surface area contributed by atoms with Crippen molar-refractivity contribution in [2.24, 2.45) is 0 Å². The second-order valence-electron chi connectivity index (χ2n) is 4.83. The van der Waals surface area contributed by atoms with E-state index >= 15 is 0 Å². The van der Waals surface area contributed by atoms with Crippen LogP contribution in [0.25, 0.3) is 10.8 Å². The van der Waals surface area contributed by atoms with Crippen molar-refractivity contribution in [2.75, 3.05) is 0 Å². The predicted molar refractivity (Wildman–Crippen MR) is 79.6 cm³/mol. The van der Waals surface area contributed by atoms with Crippen molar-refractivity contribution in [3.8, 4) is 6.07 Å². The summed E-state index contributed by atoms with van der Waals surface area (Å²) in [7, 11) is 0. The Labute approximate surface area is 139 Å². The predicted octanol–water partition coefficient (Wildman–Crippen LogP) is -0.114. The molecule has 0 N–H and O–H groups in total. The minimum absolute atomic E-state index is 0. The number of ketones is 1. The van der Waals surface area contributed by atoms with Crippen molar-refractivity contribution < 1.29 is 26.3 Å². The largest absolute Gasteiger partial charge is 1.00 e. The molecule has 0 radical (unpaired) electrons. The van der Waals surface area contributed by atoms with Crippen LogP contribution in [0.4, 0.5) is 0 Å². The van der Waals surface area contributed by atoms with Gasteiger partial charge in [0.05, 0.1) is 0 Å². The van der Waals surface area contributed by atoms with Crippen molar-refractivity contribution in [1.82, 2.24) is 0 Å². The van der Waals surface area contributed by atoms with Gasteiger partial charge < -0.3 is 17.0 Å². The van der Waals surface area contributed by atoms with Crippen molar-refractivity contribution in [3.05, 3.63) is 78.1 Å². The van der Waals surface area contributed by atoms with Crippen LogP contribution in [0.1, 0.15) is 15.9 Å². The monoisotopic (exact) mass is 352 g/mol. The van der Waals surface area contributed by atoms with Crippen LogP contribution in [0.5, 0.6) is 0 Å². The highest BCUT2D eigenvalue weighted by atomic mass is 79.9. The topological polar surface area (TPSA) is 44.7 Å². The molecular weight excluding hydrogens is 340 g/mol.